The Hall–Kier alpha value is -3.18. The fourth-order valence-corrected chi connectivity index (χ4v) is 3.47. The van der Waals surface area contributed by atoms with Crippen LogP contribution in [0.5, 0.6) is 0 Å². The molecule has 0 aliphatic heterocycles. The van der Waals surface area contributed by atoms with E-state index in [-0.39, 0.29) is 5.91 Å². The SMILES string of the molecule is Cc1cc(C(=O)NCc2ccccc2)c2c(C)nn(-c3ccccc3Cl)c2n1. The summed E-state index contributed by atoms with van der Waals surface area (Å²) >= 11 is 6.36. The number of fused-ring (bicyclic) bond motifs is 1. The van der Waals surface area contributed by atoms with Crippen LogP contribution in [0.1, 0.15) is 27.3 Å². The van der Waals surface area contributed by atoms with Gasteiger partial charge in [0.1, 0.15) is 0 Å². The Labute approximate surface area is 168 Å². The topological polar surface area (TPSA) is 59.8 Å². The van der Waals surface area contributed by atoms with Gasteiger partial charge in [-0.3, -0.25) is 4.79 Å². The van der Waals surface area contributed by atoms with Crippen LogP contribution in [-0.4, -0.2) is 20.7 Å². The zero-order valence-electron chi connectivity index (χ0n) is 15.6. The van der Waals surface area contributed by atoms with Gasteiger partial charge in [0.2, 0.25) is 0 Å². The lowest BCUT2D eigenvalue weighted by atomic mass is 10.1. The summed E-state index contributed by atoms with van der Waals surface area (Å²) in [5.41, 5.74) is 4.43. The number of para-hydroxylation sites is 1. The molecule has 0 atom stereocenters. The van der Waals surface area contributed by atoms with Crippen LogP contribution in [0.3, 0.4) is 0 Å². The zero-order chi connectivity index (χ0) is 19.7. The molecule has 0 radical (unpaired) electrons. The van der Waals surface area contributed by atoms with Crippen molar-refractivity contribution in [3.05, 3.63) is 88.2 Å². The van der Waals surface area contributed by atoms with Gasteiger partial charge in [-0.15, -0.1) is 0 Å². The van der Waals surface area contributed by atoms with Crippen LogP contribution in [0.15, 0.2) is 60.7 Å². The van der Waals surface area contributed by atoms with Crippen LogP contribution in [0.2, 0.25) is 5.02 Å². The molecular formula is C22H19ClN4O. The molecule has 0 spiro atoms. The Morgan fingerprint density at radius 2 is 1.79 bits per heavy atom. The van der Waals surface area contributed by atoms with Crippen LogP contribution in [0.25, 0.3) is 16.7 Å². The summed E-state index contributed by atoms with van der Waals surface area (Å²) in [6, 6.07) is 19.1. The molecule has 0 aliphatic rings. The van der Waals surface area contributed by atoms with E-state index >= 15 is 0 Å². The number of carbonyl (C=O) groups is 1. The summed E-state index contributed by atoms with van der Waals surface area (Å²) in [6.45, 7) is 4.20. The van der Waals surface area contributed by atoms with Crippen molar-refractivity contribution in [1.29, 1.82) is 0 Å². The maximum Gasteiger partial charge on any atom is 0.252 e. The Morgan fingerprint density at radius 3 is 2.54 bits per heavy atom. The normalized spacial score (nSPS) is 11.0. The zero-order valence-corrected chi connectivity index (χ0v) is 16.4. The molecule has 4 rings (SSSR count). The summed E-state index contributed by atoms with van der Waals surface area (Å²) in [7, 11) is 0. The van der Waals surface area contributed by atoms with Crippen LogP contribution >= 0.6 is 11.6 Å². The van der Waals surface area contributed by atoms with Gasteiger partial charge in [0.15, 0.2) is 5.65 Å². The molecule has 0 saturated carbocycles. The van der Waals surface area contributed by atoms with Gasteiger partial charge >= 0.3 is 0 Å². The fourth-order valence-electron chi connectivity index (χ4n) is 3.26. The van der Waals surface area contributed by atoms with E-state index in [0.717, 1.165) is 28.0 Å². The Kier molecular flexibility index (Phi) is 4.84. The van der Waals surface area contributed by atoms with E-state index in [9.17, 15) is 4.79 Å². The number of halogens is 1. The molecule has 140 valence electrons. The van der Waals surface area contributed by atoms with Crippen molar-refractivity contribution in [3.8, 4) is 5.69 Å². The highest BCUT2D eigenvalue weighted by molar-refractivity contribution is 6.32. The Morgan fingerprint density at radius 1 is 1.07 bits per heavy atom. The van der Waals surface area contributed by atoms with E-state index in [1.54, 1.807) is 10.7 Å². The largest absolute Gasteiger partial charge is 0.348 e. The van der Waals surface area contributed by atoms with Gasteiger partial charge in [-0.25, -0.2) is 9.67 Å². The molecule has 0 saturated heterocycles. The van der Waals surface area contributed by atoms with Crippen molar-refractivity contribution >= 4 is 28.5 Å². The number of aromatic nitrogens is 3. The molecule has 0 aliphatic carbocycles. The molecule has 1 amide bonds. The monoisotopic (exact) mass is 390 g/mol. The Balaban J connectivity index is 1.77. The molecular weight excluding hydrogens is 372 g/mol. The van der Waals surface area contributed by atoms with Crippen LogP contribution in [0, 0.1) is 13.8 Å². The molecule has 2 heterocycles. The molecule has 1 N–H and O–H groups in total. The van der Waals surface area contributed by atoms with Crippen molar-refractivity contribution in [2.75, 3.05) is 0 Å². The third-order valence-electron chi connectivity index (χ3n) is 4.56. The predicted octanol–water partition coefficient (Wildman–Crippen LogP) is 4.62. The summed E-state index contributed by atoms with van der Waals surface area (Å²) in [4.78, 5) is 17.6. The third kappa shape index (κ3) is 3.37. The first-order valence-electron chi connectivity index (χ1n) is 8.98. The maximum atomic E-state index is 12.9. The average molecular weight is 391 g/mol. The molecule has 0 bridgehead atoms. The van der Waals surface area contributed by atoms with E-state index in [4.69, 9.17) is 11.6 Å². The number of rotatable bonds is 4. The van der Waals surface area contributed by atoms with Gasteiger partial charge < -0.3 is 5.32 Å². The lowest BCUT2D eigenvalue weighted by Gasteiger charge is -2.09. The number of aryl methyl sites for hydroxylation is 2. The summed E-state index contributed by atoms with van der Waals surface area (Å²) in [5, 5.41) is 8.91. The minimum Gasteiger partial charge on any atom is -0.348 e. The standard InChI is InChI=1S/C22H19ClN4O/c1-14-12-17(22(28)24-13-16-8-4-3-5-9-16)20-15(2)26-27(21(20)25-14)19-11-7-6-10-18(19)23/h3-12H,13H2,1-2H3,(H,24,28). The van der Waals surface area contributed by atoms with Gasteiger partial charge in [0.25, 0.3) is 5.91 Å². The van der Waals surface area contributed by atoms with Crippen molar-refractivity contribution in [2.45, 2.75) is 20.4 Å². The highest BCUT2D eigenvalue weighted by atomic mass is 35.5. The summed E-state index contributed by atoms with van der Waals surface area (Å²) < 4.78 is 1.70. The quantitative estimate of drug-likeness (QED) is 0.553. The maximum absolute atomic E-state index is 12.9. The highest BCUT2D eigenvalue weighted by Crippen LogP contribution is 2.27. The van der Waals surface area contributed by atoms with Crippen LogP contribution in [0.4, 0.5) is 0 Å². The van der Waals surface area contributed by atoms with Crippen LogP contribution in [-0.2, 0) is 6.54 Å². The van der Waals surface area contributed by atoms with Gasteiger partial charge in [-0.1, -0.05) is 54.1 Å². The van der Waals surface area contributed by atoms with Crippen molar-refractivity contribution < 1.29 is 4.79 Å². The van der Waals surface area contributed by atoms with Crippen molar-refractivity contribution in [3.63, 3.8) is 0 Å². The third-order valence-corrected chi connectivity index (χ3v) is 4.88. The minimum absolute atomic E-state index is 0.152. The average Bonchev–Trinajstić information content (AvgIpc) is 3.02. The second-order valence-corrected chi connectivity index (χ2v) is 7.03. The molecule has 2 aromatic heterocycles. The van der Waals surface area contributed by atoms with Gasteiger partial charge in [0.05, 0.1) is 27.4 Å². The van der Waals surface area contributed by atoms with Crippen molar-refractivity contribution in [2.24, 2.45) is 0 Å². The highest BCUT2D eigenvalue weighted by Gasteiger charge is 2.20. The smallest absolute Gasteiger partial charge is 0.252 e. The number of carbonyl (C=O) groups excluding carboxylic acids is 1. The number of hydrogen-bond donors (Lipinski definition) is 1. The minimum atomic E-state index is -0.152. The molecule has 0 fully saturated rings. The van der Waals surface area contributed by atoms with Crippen LogP contribution < -0.4 is 5.32 Å². The van der Waals surface area contributed by atoms with Crippen molar-refractivity contribution in [1.82, 2.24) is 20.1 Å². The summed E-state index contributed by atoms with van der Waals surface area (Å²) in [6.07, 6.45) is 0. The first kappa shape index (κ1) is 18.2. The molecule has 4 aromatic rings. The number of pyridine rings is 1. The molecule has 6 heteroatoms. The van der Waals surface area contributed by atoms with Gasteiger partial charge in [0, 0.05) is 12.2 Å². The predicted molar refractivity (Wildman–Crippen MR) is 111 cm³/mol. The second kappa shape index (κ2) is 7.44. The number of benzene rings is 2. The first-order valence-corrected chi connectivity index (χ1v) is 9.36. The lowest BCUT2D eigenvalue weighted by molar-refractivity contribution is 0.0952. The van der Waals surface area contributed by atoms with E-state index < -0.39 is 0 Å². The van der Waals surface area contributed by atoms with Gasteiger partial charge in [-0.2, -0.15) is 5.10 Å². The van der Waals surface area contributed by atoms with E-state index in [1.165, 1.54) is 0 Å². The molecule has 0 unspecified atom stereocenters. The number of nitrogens with zero attached hydrogens (tertiary/aromatic N) is 3. The Bertz CT molecular complexity index is 1170. The number of hydrogen-bond acceptors (Lipinski definition) is 3. The molecule has 2 aromatic carbocycles. The second-order valence-electron chi connectivity index (χ2n) is 6.63. The number of nitrogens with one attached hydrogen (secondary N) is 1. The molecule has 5 nitrogen and oxygen atoms in total. The van der Waals surface area contributed by atoms with Gasteiger partial charge in [-0.05, 0) is 37.6 Å². The van der Waals surface area contributed by atoms with E-state index in [0.29, 0.717) is 22.8 Å². The lowest BCUT2D eigenvalue weighted by Crippen LogP contribution is -2.23. The first-order chi connectivity index (χ1) is 13.5. The van der Waals surface area contributed by atoms with E-state index in [2.05, 4.69) is 15.4 Å². The van der Waals surface area contributed by atoms with E-state index in [1.807, 2.05) is 68.4 Å². The summed E-state index contributed by atoms with van der Waals surface area (Å²) in [5.74, 6) is -0.152. The number of amides is 1. The molecule has 28 heavy (non-hydrogen) atoms. The fraction of sp³-hybridized carbons (Fsp3) is 0.136.